The molecule has 2 aromatic rings. The summed E-state index contributed by atoms with van der Waals surface area (Å²) in [5.41, 5.74) is 1.41. The number of hydrogen-bond acceptors (Lipinski definition) is 3. The van der Waals surface area contributed by atoms with E-state index in [2.05, 4.69) is 10.6 Å². The third kappa shape index (κ3) is 3.74. The van der Waals surface area contributed by atoms with Gasteiger partial charge in [0.2, 0.25) is 6.79 Å². The first-order valence-electron chi connectivity index (χ1n) is 7.65. The predicted molar refractivity (Wildman–Crippen MR) is 92.4 cm³/mol. The van der Waals surface area contributed by atoms with Crippen LogP contribution in [0, 0.1) is 0 Å². The Bertz CT molecular complexity index is 744. The number of nitrogens with one attached hydrogen (secondary N) is 2. The molecule has 1 aliphatic rings. The second kappa shape index (κ2) is 6.61. The van der Waals surface area contributed by atoms with Gasteiger partial charge in [0, 0.05) is 11.6 Å². The Morgan fingerprint density at radius 2 is 1.83 bits per heavy atom. The van der Waals surface area contributed by atoms with Gasteiger partial charge in [-0.3, -0.25) is 0 Å². The number of urea groups is 1. The van der Waals surface area contributed by atoms with Gasteiger partial charge < -0.3 is 20.1 Å². The lowest BCUT2D eigenvalue weighted by atomic mass is 9.94. The lowest BCUT2D eigenvalue weighted by Crippen LogP contribution is -2.46. The molecule has 1 heterocycles. The van der Waals surface area contributed by atoms with E-state index in [9.17, 15) is 4.79 Å². The van der Waals surface area contributed by atoms with E-state index in [1.807, 2.05) is 56.3 Å². The van der Waals surface area contributed by atoms with E-state index in [-0.39, 0.29) is 12.8 Å². The fraction of sp³-hybridized carbons (Fsp3) is 0.278. The molecule has 6 heteroatoms. The Balaban J connectivity index is 1.58. The quantitative estimate of drug-likeness (QED) is 0.885. The van der Waals surface area contributed by atoms with Gasteiger partial charge in [0.25, 0.3) is 0 Å². The van der Waals surface area contributed by atoms with Crippen molar-refractivity contribution in [3.8, 4) is 11.5 Å². The molecule has 126 valence electrons. The number of halogens is 1. The molecule has 24 heavy (non-hydrogen) atoms. The zero-order valence-corrected chi connectivity index (χ0v) is 14.3. The van der Waals surface area contributed by atoms with Crippen LogP contribution in [0.1, 0.15) is 25.0 Å². The molecule has 0 aliphatic carbocycles. The Morgan fingerprint density at radius 3 is 2.58 bits per heavy atom. The topological polar surface area (TPSA) is 59.6 Å². The molecule has 2 aromatic carbocycles. The predicted octanol–water partition coefficient (Wildman–Crippen LogP) is 3.80. The summed E-state index contributed by atoms with van der Waals surface area (Å²) in [5, 5.41) is 6.49. The Kier molecular flexibility index (Phi) is 4.53. The summed E-state index contributed by atoms with van der Waals surface area (Å²) in [7, 11) is 0. The smallest absolute Gasteiger partial charge is 0.315 e. The normalized spacial score (nSPS) is 12.8. The maximum atomic E-state index is 12.2. The van der Waals surface area contributed by atoms with Gasteiger partial charge in [-0.05, 0) is 49.2 Å². The van der Waals surface area contributed by atoms with Crippen LogP contribution in [-0.2, 0) is 12.1 Å². The zero-order chi connectivity index (χ0) is 17.2. The van der Waals surface area contributed by atoms with E-state index in [1.165, 1.54) is 0 Å². The third-order valence-electron chi connectivity index (χ3n) is 3.88. The van der Waals surface area contributed by atoms with Crippen LogP contribution >= 0.6 is 11.6 Å². The first kappa shape index (κ1) is 16.5. The van der Waals surface area contributed by atoms with Gasteiger partial charge in [-0.25, -0.2) is 4.79 Å². The summed E-state index contributed by atoms with van der Waals surface area (Å²) in [4.78, 5) is 12.2. The van der Waals surface area contributed by atoms with Crippen molar-refractivity contribution in [3.05, 3.63) is 58.6 Å². The molecule has 0 saturated heterocycles. The van der Waals surface area contributed by atoms with Crippen molar-refractivity contribution in [3.63, 3.8) is 0 Å². The summed E-state index contributed by atoms with van der Waals surface area (Å²) < 4.78 is 10.6. The molecule has 0 bridgehead atoms. The van der Waals surface area contributed by atoms with E-state index >= 15 is 0 Å². The van der Waals surface area contributed by atoms with Crippen LogP contribution in [-0.4, -0.2) is 12.8 Å². The molecule has 1 aliphatic heterocycles. The Hall–Kier alpha value is -2.40. The maximum Gasteiger partial charge on any atom is 0.315 e. The maximum absolute atomic E-state index is 12.2. The highest BCUT2D eigenvalue weighted by atomic mass is 35.5. The minimum Gasteiger partial charge on any atom is -0.454 e. The number of hydrogen-bond donors (Lipinski definition) is 2. The molecule has 0 radical (unpaired) electrons. The van der Waals surface area contributed by atoms with Crippen molar-refractivity contribution in [1.29, 1.82) is 0 Å². The zero-order valence-electron chi connectivity index (χ0n) is 13.6. The first-order valence-corrected chi connectivity index (χ1v) is 8.02. The number of fused-ring (bicyclic) bond motifs is 1. The second-order valence-corrected chi connectivity index (χ2v) is 6.56. The highest BCUT2D eigenvalue weighted by Gasteiger charge is 2.22. The SMILES string of the molecule is CC(C)(NC(=O)NCc1ccc2c(c1)OCO2)c1ccc(Cl)cc1. The highest BCUT2D eigenvalue weighted by molar-refractivity contribution is 6.30. The molecule has 0 atom stereocenters. The monoisotopic (exact) mass is 346 g/mol. The van der Waals surface area contributed by atoms with Gasteiger partial charge in [0.15, 0.2) is 11.5 Å². The lowest BCUT2D eigenvalue weighted by molar-refractivity contribution is 0.174. The number of carbonyl (C=O) groups is 1. The molecule has 0 saturated carbocycles. The van der Waals surface area contributed by atoms with Crippen LogP contribution in [0.25, 0.3) is 0 Å². The molecule has 0 unspecified atom stereocenters. The number of amides is 2. The largest absolute Gasteiger partial charge is 0.454 e. The van der Waals surface area contributed by atoms with E-state index in [4.69, 9.17) is 21.1 Å². The van der Waals surface area contributed by atoms with Gasteiger partial charge in [0.1, 0.15) is 0 Å². The van der Waals surface area contributed by atoms with Crippen LogP contribution < -0.4 is 20.1 Å². The Labute approximate surface area is 145 Å². The minimum atomic E-state index is -0.510. The molecule has 0 aromatic heterocycles. The summed E-state index contributed by atoms with van der Waals surface area (Å²) in [5.74, 6) is 1.43. The van der Waals surface area contributed by atoms with Gasteiger partial charge in [0.05, 0.1) is 5.54 Å². The molecule has 2 amide bonds. The Morgan fingerprint density at radius 1 is 1.12 bits per heavy atom. The molecular weight excluding hydrogens is 328 g/mol. The second-order valence-electron chi connectivity index (χ2n) is 6.13. The van der Waals surface area contributed by atoms with Crippen LogP contribution in [0.4, 0.5) is 4.79 Å². The molecular formula is C18H19ClN2O3. The van der Waals surface area contributed by atoms with Gasteiger partial charge in [-0.2, -0.15) is 0 Å². The van der Waals surface area contributed by atoms with E-state index in [0.717, 1.165) is 16.9 Å². The summed E-state index contributed by atoms with van der Waals surface area (Å²) in [6.07, 6.45) is 0. The first-order chi connectivity index (χ1) is 11.4. The van der Waals surface area contributed by atoms with Crippen LogP contribution in [0.2, 0.25) is 5.02 Å². The van der Waals surface area contributed by atoms with Crippen LogP contribution in [0.5, 0.6) is 11.5 Å². The number of ether oxygens (including phenoxy) is 2. The van der Waals surface area contributed by atoms with E-state index in [0.29, 0.717) is 17.3 Å². The van der Waals surface area contributed by atoms with E-state index in [1.54, 1.807) is 0 Å². The summed E-state index contributed by atoms with van der Waals surface area (Å²) in [6.45, 7) is 4.52. The fourth-order valence-electron chi connectivity index (χ4n) is 2.50. The van der Waals surface area contributed by atoms with E-state index < -0.39 is 5.54 Å². The molecule has 3 rings (SSSR count). The van der Waals surface area contributed by atoms with Crippen molar-refractivity contribution in [2.75, 3.05) is 6.79 Å². The van der Waals surface area contributed by atoms with Crippen molar-refractivity contribution in [2.24, 2.45) is 0 Å². The molecule has 0 fully saturated rings. The van der Waals surface area contributed by atoms with Gasteiger partial charge >= 0.3 is 6.03 Å². The summed E-state index contributed by atoms with van der Waals surface area (Å²) >= 11 is 5.91. The fourth-order valence-corrected chi connectivity index (χ4v) is 2.63. The number of rotatable bonds is 4. The average Bonchev–Trinajstić information content (AvgIpc) is 3.00. The highest BCUT2D eigenvalue weighted by Crippen LogP contribution is 2.32. The standard InChI is InChI=1S/C18H19ClN2O3/c1-18(2,13-4-6-14(19)7-5-13)21-17(22)20-10-12-3-8-15-16(9-12)24-11-23-15/h3-9H,10-11H2,1-2H3,(H2,20,21,22). The molecule has 5 nitrogen and oxygen atoms in total. The minimum absolute atomic E-state index is 0.238. The number of benzene rings is 2. The van der Waals surface area contributed by atoms with Crippen molar-refractivity contribution >= 4 is 17.6 Å². The lowest BCUT2D eigenvalue weighted by Gasteiger charge is -2.27. The van der Waals surface area contributed by atoms with Gasteiger partial charge in [-0.15, -0.1) is 0 Å². The van der Waals surface area contributed by atoms with Crippen molar-refractivity contribution in [2.45, 2.75) is 25.9 Å². The summed E-state index contributed by atoms with van der Waals surface area (Å²) in [6, 6.07) is 12.8. The third-order valence-corrected chi connectivity index (χ3v) is 4.13. The molecule has 2 N–H and O–H groups in total. The van der Waals surface area contributed by atoms with Crippen LogP contribution in [0.3, 0.4) is 0 Å². The number of carbonyl (C=O) groups excluding carboxylic acids is 1. The van der Waals surface area contributed by atoms with Gasteiger partial charge in [-0.1, -0.05) is 29.8 Å². The van der Waals surface area contributed by atoms with Crippen molar-refractivity contribution < 1.29 is 14.3 Å². The molecule has 0 spiro atoms. The van der Waals surface area contributed by atoms with Crippen LogP contribution in [0.15, 0.2) is 42.5 Å². The average molecular weight is 347 g/mol. The van der Waals surface area contributed by atoms with Crippen molar-refractivity contribution in [1.82, 2.24) is 10.6 Å².